The maximum absolute atomic E-state index is 12.7. The van der Waals surface area contributed by atoms with Gasteiger partial charge >= 0.3 is 6.18 Å². The first kappa shape index (κ1) is 17.7. The van der Waals surface area contributed by atoms with Crippen molar-refractivity contribution < 1.29 is 18.3 Å². The van der Waals surface area contributed by atoms with Crippen molar-refractivity contribution in [1.29, 1.82) is 0 Å². The Hall–Kier alpha value is -1.34. The van der Waals surface area contributed by atoms with Crippen molar-refractivity contribution in [3.05, 3.63) is 29.3 Å². The number of aliphatic hydroxyl groups excluding tert-OH is 1. The van der Waals surface area contributed by atoms with E-state index in [1.54, 1.807) is 7.05 Å². The maximum Gasteiger partial charge on any atom is 0.416 e. The van der Waals surface area contributed by atoms with E-state index in [1.807, 2.05) is 4.90 Å². The van der Waals surface area contributed by atoms with Gasteiger partial charge in [0.1, 0.15) is 4.99 Å². The van der Waals surface area contributed by atoms with Crippen LogP contribution in [0, 0.1) is 0 Å². The molecule has 1 aromatic carbocycles. The van der Waals surface area contributed by atoms with Crippen LogP contribution in [0.4, 0.5) is 18.9 Å². The lowest BCUT2D eigenvalue weighted by atomic mass is 10.1. The second kappa shape index (κ2) is 7.61. The van der Waals surface area contributed by atoms with E-state index < -0.39 is 11.7 Å². The van der Waals surface area contributed by atoms with E-state index in [9.17, 15) is 13.2 Å². The first-order valence-electron chi connectivity index (χ1n) is 6.60. The number of alkyl halides is 3. The van der Waals surface area contributed by atoms with Crippen molar-refractivity contribution in [2.24, 2.45) is 5.73 Å². The lowest BCUT2D eigenvalue weighted by Crippen LogP contribution is -2.23. The Morgan fingerprint density at radius 1 is 1.29 bits per heavy atom. The first-order chi connectivity index (χ1) is 9.77. The number of nitrogens with two attached hydrogens (primary N) is 1. The molecule has 0 spiro atoms. The zero-order valence-corrected chi connectivity index (χ0v) is 12.6. The standard InChI is InChI=1S/C14H19F3N2OS/c1-19(7-3-2-4-8-20)12-6-5-10(14(15,16)17)9-11(12)13(18)21/h5-6,9,20H,2-4,7-8H2,1H3,(H2,18,21). The number of hydrogen-bond donors (Lipinski definition) is 2. The molecule has 3 N–H and O–H groups in total. The van der Waals surface area contributed by atoms with Crippen LogP contribution in [0.2, 0.25) is 0 Å². The van der Waals surface area contributed by atoms with Gasteiger partial charge in [-0.2, -0.15) is 13.2 Å². The largest absolute Gasteiger partial charge is 0.416 e. The van der Waals surface area contributed by atoms with Crippen molar-refractivity contribution in [3.8, 4) is 0 Å². The SMILES string of the molecule is CN(CCCCCO)c1ccc(C(F)(F)F)cc1C(N)=S. The number of rotatable bonds is 7. The van der Waals surface area contributed by atoms with Crippen LogP contribution in [-0.4, -0.2) is 30.3 Å². The van der Waals surface area contributed by atoms with Gasteiger partial charge in [0.05, 0.1) is 5.56 Å². The monoisotopic (exact) mass is 320 g/mol. The van der Waals surface area contributed by atoms with Crippen LogP contribution in [0.15, 0.2) is 18.2 Å². The molecule has 118 valence electrons. The Kier molecular flexibility index (Phi) is 6.42. The Labute approximate surface area is 127 Å². The number of unbranched alkanes of at least 4 members (excludes halogenated alkanes) is 2. The Morgan fingerprint density at radius 2 is 1.95 bits per heavy atom. The smallest absolute Gasteiger partial charge is 0.396 e. The van der Waals surface area contributed by atoms with Gasteiger partial charge in [-0.1, -0.05) is 12.2 Å². The van der Waals surface area contributed by atoms with Gasteiger partial charge in [-0.25, -0.2) is 0 Å². The molecule has 0 aliphatic carbocycles. The van der Waals surface area contributed by atoms with E-state index in [-0.39, 0.29) is 17.2 Å². The van der Waals surface area contributed by atoms with Crippen LogP contribution in [0.3, 0.4) is 0 Å². The van der Waals surface area contributed by atoms with Crippen LogP contribution in [0.5, 0.6) is 0 Å². The van der Waals surface area contributed by atoms with Crippen LogP contribution in [0.1, 0.15) is 30.4 Å². The fourth-order valence-corrected chi connectivity index (χ4v) is 2.16. The molecule has 1 aromatic rings. The number of anilines is 1. The maximum atomic E-state index is 12.7. The van der Waals surface area contributed by atoms with Crippen LogP contribution in [0.25, 0.3) is 0 Å². The van der Waals surface area contributed by atoms with E-state index in [2.05, 4.69) is 0 Å². The lowest BCUT2D eigenvalue weighted by Gasteiger charge is -2.23. The van der Waals surface area contributed by atoms with Crippen molar-refractivity contribution in [2.75, 3.05) is 25.1 Å². The molecule has 0 bridgehead atoms. The molecule has 0 saturated carbocycles. The van der Waals surface area contributed by atoms with E-state index in [4.69, 9.17) is 23.1 Å². The molecule has 0 aliphatic rings. The van der Waals surface area contributed by atoms with Gasteiger partial charge in [0.2, 0.25) is 0 Å². The minimum Gasteiger partial charge on any atom is -0.396 e. The first-order valence-corrected chi connectivity index (χ1v) is 7.01. The Balaban J connectivity index is 2.93. The van der Waals surface area contributed by atoms with E-state index in [1.165, 1.54) is 6.07 Å². The zero-order chi connectivity index (χ0) is 16.0. The molecule has 0 aromatic heterocycles. The fourth-order valence-electron chi connectivity index (χ4n) is 2.00. The quantitative estimate of drug-likeness (QED) is 0.599. The summed E-state index contributed by atoms with van der Waals surface area (Å²) in [5, 5.41) is 8.72. The third-order valence-corrected chi connectivity index (χ3v) is 3.37. The normalized spacial score (nSPS) is 11.5. The zero-order valence-electron chi connectivity index (χ0n) is 11.8. The second-order valence-corrected chi connectivity index (χ2v) is 5.24. The summed E-state index contributed by atoms with van der Waals surface area (Å²) in [5.74, 6) is 0. The summed E-state index contributed by atoms with van der Waals surface area (Å²) >= 11 is 4.86. The van der Waals surface area contributed by atoms with Crippen LogP contribution in [-0.2, 0) is 6.18 Å². The molecule has 0 amide bonds. The molecule has 0 aliphatic heterocycles. The highest BCUT2D eigenvalue weighted by Crippen LogP contribution is 2.32. The number of thiocarbonyl (C=S) groups is 1. The van der Waals surface area contributed by atoms with Gasteiger partial charge in [-0.3, -0.25) is 0 Å². The number of benzene rings is 1. The van der Waals surface area contributed by atoms with Gasteiger partial charge in [0.15, 0.2) is 0 Å². The number of hydrogen-bond acceptors (Lipinski definition) is 3. The third kappa shape index (κ3) is 5.17. The molecule has 7 heteroatoms. The minimum absolute atomic E-state index is 0.0571. The predicted molar refractivity (Wildman–Crippen MR) is 81.5 cm³/mol. The van der Waals surface area contributed by atoms with Gasteiger partial charge in [-0.05, 0) is 37.5 Å². The number of halogens is 3. The molecule has 1 rings (SSSR count). The highest BCUT2D eigenvalue weighted by atomic mass is 32.1. The van der Waals surface area contributed by atoms with Gasteiger partial charge in [-0.15, -0.1) is 0 Å². The van der Waals surface area contributed by atoms with Crippen LogP contribution < -0.4 is 10.6 Å². The molecule has 0 fully saturated rings. The Bertz CT molecular complexity index is 492. The fraction of sp³-hybridized carbons (Fsp3) is 0.500. The molecule has 21 heavy (non-hydrogen) atoms. The molecular weight excluding hydrogens is 301 g/mol. The van der Waals surface area contributed by atoms with Crippen molar-refractivity contribution >= 4 is 22.9 Å². The summed E-state index contributed by atoms with van der Waals surface area (Å²) in [6, 6.07) is 3.41. The molecular formula is C14H19F3N2OS. The average molecular weight is 320 g/mol. The highest BCUT2D eigenvalue weighted by Gasteiger charge is 2.31. The summed E-state index contributed by atoms with van der Waals surface area (Å²) < 4.78 is 38.2. The summed E-state index contributed by atoms with van der Waals surface area (Å²) in [6.07, 6.45) is -2.03. The molecule has 3 nitrogen and oxygen atoms in total. The third-order valence-electron chi connectivity index (χ3n) is 3.15. The van der Waals surface area contributed by atoms with E-state index in [0.29, 0.717) is 18.7 Å². The van der Waals surface area contributed by atoms with Gasteiger partial charge in [0, 0.05) is 31.5 Å². The van der Waals surface area contributed by atoms with Crippen molar-refractivity contribution in [2.45, 2.75) is 25.4 Å². The molecule has 0 saturated heterocycles. The van der Waals surface area contributed by atoms with Crippen molar-refractivity contribution in [1.82, 2.24) is 0 Å². The molecule has 0 radical (unpaired) electrons. The summed E-state index contributed by atoms with van der Waals surface area (Å²) in [7, 11) is 1.78. The number of aliphatic hydroxyl groups is 1. The number of nitrogens with zero attached hydrogens (tertiary/aromatic N) is 1. The van der Waals surface area contributed by atoms with Crippen LogP contribution >= 0.6 is 12.2 Å². The van der Waals surface area contributed by atoms with Gasteiger partial charge in [0.25, 0.3) is 0 Å². The average Bonchev–Trinajstić information content (AvgIpc) is 2.41. The molecule has 0 unspecified atom stereocenters. The second-order valence-electron chi connectivity index (χ2n) is 4.80. The minimum atomic E-state index is -4.42. The topological polar surface area (TPSA) is 49.5 Å². The highest BCUT2D eigenvalue weighted by molar-refractivity contribution is 7.80. The van der Waals surface area contributed by atoms with Crippen molar-refractivity contribution in [3.63, 3.8) is 0 Å². The molecule has 0 heterocycles. The Morgan fingerprint density at radius 3 is 2.48 bits per heavy atom. The predicted octanol–water partition coefficient (Wildman–Crippen LogP) is 2.94. The lowest BCUT2D eigenvalue weighted by molar-refractivity contribution is -0.137. The van der Waals surface area contributed by atoms with E-state index >= 15 is 0 Å². The summed E-state index contributed by atoms with van der Waals surface area (Å²) in [4.78, 5) is 1.77. The summed E-state index contributed by atoms with van der Waals surface area (Å²) in [6.45, 7) is 0.795. The van der Waals surface area contributed by atoms with Gasteiger partial charge < -0.3 is 15.7 Å². The molecule has 0 atom stereocenters. The van der Waals surface area contributed by atoms with E-state index in [0.717, 1.165) is 25.0 Å². The summed E-state index contributed by atoms with van der Waals surface area (Å²) in [5.41, 5.74) is 5.59.